The number of hydrogen-bond donors (Lipinski definition) is 3. The van der Waals surface area contributed by atoms with Gasteiger partial charge < -0.3 is 25.8 Å². The minimum Gasteiger partial charge on any atom is -0.356 e. The van der Waals surface area contributed by atoms with Crippen molar-refractivity contribution in [3.8, 4) is 0 Å². The molecule has 232 valence electrons. The van der Waals surface area contributed by atoms with Crippen LogP contribution in [-0.4, -0.2) is 110 Å². The lowest BCUT2D eigenvalue weighted by Crippen LogP contribution is -2.51. The molecule has 3 N–H and O–H groups in total. The second-order valence-corrected chi connectivity index (χ2v) is 12.5. The lowest BCUT2D eigenvalue weighted by Gasteiger charge is -2.45. The lowest BCUT2D eigenvalue weighted by atomic mass is 9.79. The van der Waals surface area contributed by atoms with E-state index in [9.17, 15) is 19.2 Å². The van der Waals surface area contributed by atoms with E-state index < -0.39 is 0 Å². The fourth-order valence-electron chi connectivity index (χ4n) is 6.68. The summed E-state index contributed by atoms with van der Waals surface area (Å²) >= 11 is 0. The molecule has 0 spiro atoms. The molecule has 0 bridgehead atoms. The highest BCUT2D eigenvalue weighted by Crippen LogP contribution is 2.32. The number of rotatable bonds is 7. The number of likely N-dealkylation sites (tertiary alicyclic amines) is 2. The summed E-state index contributed by atoms with van der Waals surface area (Å²) in [7, 11) is 3.88. The van der Waals surface area contributed by atoms with Crippen LogP contribution in [0.3, 0.4) is 0 Å². The maximum absolute atomic E-state index is 13.2. The average Bonchev–Trinajstić information content (AvgIpc) is 2.97. The van der Waals surface area contributed by atoms with Gasteiger partial charge in [-0.05, 0) is 95.6 Å². The fraction of sp³-hybridized carbons (Fsp3) is 0.688. The average molecular weight is 583 g/mol. The summed E-state index contributed by atoms with van der Waals surface area (Å²) in [5.74, 6) is 0.212. The predicted octanol–water partition coefficient (Wildman–Crippen LogP) is 1.86. The third kappa shape index (κ3) is 9.80. The Labute approximate surface area is 250 Å². The Bertz CT molecular complexity index is 1040. The molecule has 3 saturated heterocycles. The lowest BCUT2D eigenvalue weighted by molar-refractivity contribution is -0.137. The van der Waals surface area contributed by atoms with Gasteiger partial charge in [-0.3, -0.25) is 24.1 Å². The van der Waals surface area contributed by atoms with Gasteiger partial charge in [0, 0.05) is 57.2 Å². The highest BCUT2D eigenvalue weighted by molar-refractivity contribution is 5.94. The van der Waals surface area contributed by atoms with Gasteiger partial charge in [-0.25, -0.2) is 0 Å². The van der Waals surface area contributed by atoms with E-state index in [2.05, 4.69) is 32.8 Å². The molecule has 0 aliphatic carbocycles. The Morgan fingerprint density at radius 3 is 2.43 bits per heavy atom. The number of nitrogens with one attached hydrogen (secondary N) is 3. The van der Waals surface area contributed by atoms with Crippen LogP contribution >= 0.6 is 0 Å². The molecule has 0 radical (unpaired) electrons. The summed E-state index contributed by atoms with van der Waals surface area (Å²) in [6, 6.07) is 9.37. The summed E-state index contributed by atoms with van der Waals surface area (Å²) in [5, 5.41) is 9.02. The van der Waals surface area contributed by atoms with Crippen molar-refractivity contribution in [1.82, 2.24) is 30.7 Å². The van der Waals surface area contributed by atoms with Crippen molar-refractivity contribution in [1.29, 1.82) is 0 Å². The SMILES string of the molecule is CN1CCC(N2CC[C@H]3CC(=O)N(C)CC(=O)N[C@@H](CCCCNC(=O)c4ccccc4)CC(=O)NCC[C@H]3C2)CC1. The van der Waals surface area contributed by atoms with Crippen LogP contribution in [0.5, 0.6) is 0 Å². The second kappa shape index (κ2) is 16.0. The first-order valence-corrected chi connectivity index (χ1v) is 15.8. The summed E-state index contributed by atoms with van der Waals surface area (Å²) in [5.41, 5.74) is 0.625. The Kier molecular flexibility index (Phi) is 12.2. The molecule has 10 heteroatoms. The molecular formula is C32H50N6O4. The molecule has 4 amide bonds. The van der Waals surface area contributed by atoms with Crippen LogP contribution in [0, 0.1) is 11.8 Å². The molecule has 3 aliphatic heterocycles. The Balaban J connectivity index is 1.29. The highest BCUT2D eigenvalue weighted by atomic mass is 16.2. The second-order valence-electron chi connectivity index (χ2n) is 12.5. The first-order chi connectivity index (χ1) is 20.3. The number of likely N-dealkylation sites (N-methyl/N-ethyl adjacent to an activating group) is 1. The van der Waals surface area contributed by atoms with E-state index in [0.717, 1.165) is 51.9 Å². The Morgan fingerprint density at radius 2 is 1.67 bits per heavy atom. The number of nitrogens with zero attached hydrogens (tertiary/aromatic N) is 3. The fourth-order valence-corrected chi connectivity index (χ4v) is 6.68. The Hall–Kier alpha value is -2.98. The van der Waals surface area contributed by atoms with E-state index in [1.165, 1.54) is 17.7 Å². The zero-order valence-electron chi connectivity index (χ0n) is 25.5. The smallest absolute Gasteiger partial charge is 0.251 e. The number of hydrogen-bond acceptors (Lipinski definition) is 6. The van der Waals surface area contributed by atoms with Crippen LogP contribution in [0.25, 0.3) is 0 Å². The maximum atomic E-state index is 13.2. The number of benzene rings is 1. The van der Waals surface area contributed by atoms with Gasteiger partial charge in [-0.15, -0.1) is 0 Å². The van der Waals surface area contributed by atoms with Gasteiger partial charge >= 0.3 is 0 Å². The van der Waals surface area contributed by atoms with Crippen LogP contribution in [-0.2, 0) is 14.4 Å². The van der Waals surface area contributed by atoms with Crippen molar-refractivity contribution < 1.29 is 19.2 Å². The van der Waals surface area contributed by atoms with Crippen LogP contribution in [0.4, 0.5) is 0 Å². The Morgan fingerprint density at radius 1 is 0.905 bits per heavy atom. The first-order valence-electron chi connectivity index (χ1n) is 15.8. The number of carbonyl (C=O) groups excluding carboxylic acids is 4. The minimum absolute atomic E-state index is 0.0107. The highest BCUT2D eigenvalue weighted by Gasteiger charge is 2.35. The number of piperidine rings is 2. The monoisotopic (exact) mass is 582 g/mol. The van der Waals surface area contributed by atoms with Crippen LogP contribution in [0.15, 0.2) is 30.3 Å². The van der Waals surface area contributed by atoms with Gasteiger partial charge in [0.05, 0.1) is 6.54 Å². The van der Waals surface area contributed by atoms with Crippen molar-refractivity contribution >= 4 is 23.6 Å². The first kappa shape index (κ1) is 31.9. The zero-order chi connectivity index (χ0) is 29.9. The molecule has 0 aromatic heterocycles. The van der Waals surface area contributed by atoms with Gasteiger partial charge in [0.2, 0.25) is 17.7 Å². The predicted molar refractivity (Wildman–Crippen MR) is 163 cm³/mol. The van der Waals surface area contributed by atoms with E-state index >= 15 is 0 Å². The molecule has 1 aromatic carbocycles. The summed E-state index contributed by atoms with van der Waals surface area (Å²) in [4.78, 5) is 57.8. The molecule has 3 atom stereocenters. The molecule has 3 fully saturated rings. The molecule has 0 unspecified atom stereocenters. The van der Waals surface area contributed by atoms with Crippen LogP contribution in [0.2, 0.25) is 0 Å². The minimum atomic E-state index is -0.323. The third-order valence-corrected chi connectivity index (χ3v) is 9.31. The number of carbonyl (C=O) groups is 4. The summed E-state index contributed by atoms with van der Waals surface area (Å²) in [6.45, 7) is 5.32. The van der Waals surface area contributed by atoms with Gasteiger partial charge in [0.15, 0.2) is 0 Å². The van der Waals surface area contributed by atoms with Crippen molar-refractivity contribution in [2.75, 3.05) is 59.9 Å². The van der Waals surface area contributed by atoms with Crippen LogP contribution in [0.1, 0.15) is 68.1 Å². The van der Waals surface area contributed by atoms with Crippen molar-refractivity contribution in [2.24, 2.45) is 11.8 Å². The van der Waals surface area contributed by atoms with Crippen LogP contribution < -0.4 is 16.0 Å². The number of unbranched alkanes of at least 4 members (excludes halogenated alkanes) is 1. The van der Waals surface area contributed by atoms with Gasteiger partial charge in [0.25, 0.3) is 5.91 Å². The topological polar surface area (TPSA) is 114 Å². The number of amides is 4. The van der Waals surface area contributed by atoms with Gasteiger partial charge in [-0.1, -0.05) is 18.2 Å². The van der Waals surface area contributed by atoms with E-state index in [1.54, 1.807) is 19.2 Å². The summed E-state index contributed by atoms with van der Waals surface area (Å²) < 4.78 is 0. The molecular weight excluding hydrogens is 532 g/mol. The molecule has 10 nitrogen and oxygen atoms in total. The normalized spacial score (nSPS) is 26.1. The summed E-state index contributed by atoms with van der Waals surface area (Å²) in [6.07, 6.45) is 6.95. The van der Waals surface area contributed by atoms with E-state index in [-0.39, 0.29) is 48.6 Å². The van der Waals surface area contributed by atoms with Crippen molar-refractivity contribution in [2.45, 2.75) is 69.9 Å². The quantitative estimate of drug-likeness (QED) is 0.423. The maximum Gasteiger partial charge on any atom is 0.251 e. The zero-order valence-corrected chi connectivity index (χ0v) is 25.5. The van der Waals surface area contributed by atoms with E-state index in [1.807, 2.05) is 18.2 Å². The molecule has 0 saturated carbocycles. The van der Waals surface area contributed by atoms with Gasteiger partial charge in [0.1, 0.15) is 0 Å². The van der Waals surface area contributed by atoms with Gasteiger partial charge in [-0.2, -0.15) is 0 Å². The van der Waals surface area contributed by atoms with Crippen molar-refractivity contribution in [3.05, 3.63) is 35.9 Å². The molecule has 3 aliphatic rings. The standard InChI is InChI=1S/C32H50N6O4/c1-36-17-13-28(14-18-36)38-19-12-25-20-31(41)37(2)23-30(40)35-27(21-29(39)33-16-11-26(25)22-38)10-6-7-15-34-32(42)24-8-4-3-5-9-24/h3-5,8-9,25-28H,6-7,10-23H2,1-2H3,(H,33,39)(H,34,42)(H,35,40)/t25-,26-,27-/m0/s1. The molecule has 3 heterocycles. The van der Waals surface area contributed by atoms with Crippen molar-refractivity contribution in [3.63, 3.8) is 0 Å². The third-order valence-electron chi connectivity index (χ3n) is 9.31. The molecule has 4 rings (SSSR count). The van der Waals surface area contributed by atoms with E-state index in [0.29, 0.717) is 43.5 Å². The largest absolute Gasteiger partial charge is 0.356 e. The van der Waals surface area contributed by atoms with E-state index in [4.69, 9.17) is 0 Å². The number of fused-ring (bicyclic) bond motifs is 1. The molecule has 1 aromatic rings. The molecule has 42 heavy (non-hydrogen) atoms.